The second kappa shape index (κ2) is 6.44. The van der Waals surface area contributed by atoms with Crippen LogP contribution in [-0.2, 0) is 4.79 Å². The summed E-state index contributed by atoms with van der Waals surface area (Å²) in [5.74, 6) is 0.959. The van der Waals surface area contributed by atoms with E-state index in [1.165, 1.54) is 32.1 Å². The van der Waals surface area contributed by atoms with E-state index in [4.69, 9.17) is 0 Å². The van der Waals surface area contributed by atoms with Crippen LogP contribution in [-0.4, -0.2) is 47.2 Å². The van der Waals surface area contributed by atoms with E-state index in [2.05, 4.69) is 10.2 Å². The fourth-order valence-electron chi connectivity index (χ4n) is 4.08. The molecule has 3 atom stereocenters. The lowest BCUT2D eigenvalue weighted by molar-refractivity contribution is -0.145. The van der Waals surface area contributed by atoms with Gasteiger partial charge in [0.25, 0.3) is 0 Å². The fourth-order valence-corrected chi connectivity index (χ4v) is 4.08. The smallest absolute Gasteiger partial charge is 0.324 e. The van der Waals surface area contributed by atoms with E-state index in [0.717, 1.165) is 24.9 Å². The molecule has 2 rings (SSSR count). The molecule has 3 unspecified atom stereocenters. The first-order chi connectivity index (χ1) is 9.40. The summed E-state index contributed by atoms with van der Waals surface area (Å²) < 4.78 is 0. The van der Waals surface area contributed by atoms with Crippen LogP contribution in [0.25, 0.3) is 0 Å². The van der Waals surface area contributed by atoms with Crippen LogP contribution in [0.15, 0.2) is 0 Å². The quantitative estimate of drug-likeness (QED) is 0.812. The van der Waals surface area contributed by atoms with Crippen molar-refractivity contribution in [2.45, 2.75) is 64.5 Å². The molecule has 1 heterocycles. The zero-order chi connectivity index (χ0) is 14.8. The maximum Gasteiger partial charge on any atom is 0.324 e. The summed E-state index contributed by atoms with van der Waals surface area (Å²) in [6.07, 6.45) is 6.72. The number of hydrogen-bond acceptors (Lipinski definition) is 3. The van der Waals surface area contributed by atoms with Gasteiger partial charge in [-0.15, -0.1) is 0 Å². The van der Waals surface area contributed by atoms with Gasteiger partial charge in [-0.3, -0.25) is 10.1 Å². The Balaban J connectivity index is 1.95. The topological polar surface area (TPSA) is 52.6 Å². The Morgan fingerprint density at radius 2 is 1.95 bits per heavy atom. The van der Waals surface area contributed by atoms with E-state index in [1.807, 2.05) is 20.8 Å². The van der Waals surface area contributed by atoms with E-state index in [9.17, 15) is 9.90 Å². The predicted octanol–water partition coefficient (Wildman–Crippen LogP) is 2.34. The molecule has 0 bridgehead atoms. The lowest BCUT2D eigenvalue weighted by Crippen LogP contribution is -2.60. The average molecular weight is 282 g/mol. The fraction of sp³-hybridized carbons (Fsp3) is 0.938. The summed E-state index contributed by atoms with van der Waals surface area (Å²) in [6.45, 7) is 8.60. The van der Waals surface area contributed by atoms with Gasteiger partial charge in [0.1, 0.15) is 5.54 Å². The maximum atomic E-state index is 11.6. The number of carbonyl (C=O) groups is 1. The molecule has 0 aromatic heterocycles. The van der Waals surface area contributed by atoms with Gasteiger partial charge < -0.3 is 10.0 Å². The normalized spacial score (nSPS) is 30.8. The standard InChI is InChI=1S/C16H30N2O2/c1-12(2)17-16(3,15(19)20)11-18-9-8-13-6-4-5-7-14(13)10-18/h12-14,17H,4-11H2,1-3H3,(H,19,20). The first-order valence-electron chi connectivity index (χ1n) is 8.14. The molecule has 1 aliphatic heterocycles. The monoisotopic (exact) mass is 282 g/mol. The minimum absolute atomic E-state index is 0.184. The van der Waals surface area contributed by atoms with Crippen LogP contribution in [0.5, 0.6) is 0 Å². The molecular weight excluding hydrogens is 252 g/mol. The lowest BCUT2D eigenvalue weighted by atomic mass is 9.75. The van der Waals surface area contributed by atoms with E-state index in [1.54, 1.807) is 0 Å². The molecule has 0 radical (unpaired) electrons. The van der Waals surface area contributed by atoms with Crippen LogP contribution in [0.1, 0.15) is 52.9 Å². The summed E-state index contributed by atoms with van der Waals surface area (Å²) in [5.41, 5.74) is -0.838. The molecule has 4 heteroatoms. The van der Waals surface area contributed by atoms with Gasteiger partial charge in [-0.2, -0.15) is 0 Å². The molecule has 4 nitrogen and oxygen atoms in total. The van der Waals surface area contributed by atoms with Crippen molar-refractivity contribution in [3.05, 3.63) is 0 Å². The Morgan fingerprint density at radius 3 is 2.55 bits per heavy atom. The minimum atomic E-state index is -0.838. The third-order valence-electron chi connectivity index (χ3n) is 4.99. The predicted molar refractivity (Wildman–Crippen MR) is 80.8 cm³/mol. The Kier molecular flexibility index (Phi) is 5.08. The average Bonchev–Trinajstić information content (AvgIpc) is 2.37. The van der Waals surface area contributed by atoms with Crippen molar-refractivity contribution < 1.29 is 9.90 Å². The minimum Gasteiger partial charge on any atom is -0.480 e. The molecular formula is C16H30N2O2. The Bertz CT molecular complexity index is 345. The van der Waals surface area contributed by atoms with Crippen LogP contribution in [0.3, 0.4) is 0 Å². The van der Waals surface area contributed by atoms with Gasteiger partial charge in [-0.05, 0) is 52.0 Å². The van der Waals surface area contributed by atoms with Gasteiger partial charge in [0.15, 0.2) is 0 Å². The highest BCUT2D eigenvalue weighted by atomic mass is 16.4. The first-order valence-corrected chi connectivity index (χ1v) is 8.14. The van der Waals surface area contributed by atoms with Gasteiger partial charge in [0.05, 0.1) is 0 Å². The SMILES string of the molecule is CC(C)NC(C)(CN1CCC2CCCCC2C1)C(=O)O. The molecule has 1 saturated heterocycles. The van der Waals surface area contributed by atoms with Gasteiger partial charge >= 0.3 is 5.97 Å². The highest BCUT2D eigenvalue weighted by Gasteiger charge is 2.38. The molecule has 1 aliphatic carbocycles. The van der Waals surface area contributed by atoms with Crippen molar-refractivity contribution in [2.24, 2.45) is 11.8 Å². The van der Waals surface area contributed by atoms with E-state index >= 15 is 0 Å². The van der Waals surface area contributed by atoms with Crippen molar-refractivity contribution in [3.8, 4) is 0 Å². The third kappa shape index (κ3) is 3.73. The summed E-state index contributed by atoms with van der Waals surface area (Å²) in [5, 5.41) is 12.8. The first kappa shape index (κ1) is 15.8. The van der Waals surface area contributed by atoms with Crippen molar-refractivity contribution in [1.29, 1.82) is 0 Å². The molecule has 2 aliphatic rings. The summed E-state index contributed by atoms with van der Waals surface area (Å²) in [6, 6.07) is 0.184. The summed E-state index contributed by atoms with van der Waals surface area (Å²) >= 11 is 0. The molecule has 0 aromatic carbocycles. The van der Waals surface area contributed by atoms with Crippen LogP contribution < -0.4 is 5.32 Å². The number of hydrogen-bond donors (Lipinski definition) is 2. The van der Waals surface area contributed by atoms with Crippen molar-refractivity contribution in [2.75, 3.05) is 19.6 Å². The number of carboxylic acids is 1. The maximum absolute atomic E-state index is 11.6. The second-order valence-corrected chi connectivity index (χ2v) is 7.26. The zero-order valence-electron chi connectivity index (χ0n) is 13.2. The number of aliphatic carboxylic acids is 1. The van der Waals surface area contributed by atoms with Gasteiger partial charge in [-0.25, -0.2) is 0 Å². The Hall–Kier alpha value is -0.610. The second-order valence-electron chi connectivity index (χ2n) is 7.26. The van der Waals surface area contributed by atoms with Crippen molar-refractivity contribution >= 4 is 5.97 Å². The molecule has 116 valence electrons. The van der Waals surface area contributed by atoms with Crippen LogP contribution >= 0.6 is 0 Å². The number of fused-ring (bicyclic) bond motifs is 1. The number of carboxylic acid groups (broad SMARTS) is 1. The van der Waals surface area contributed by atoms with Crippen molar-refractivity contribution in [1.82, 2.24) is 10.2 Å². The van der Waals surface area contributed by atoms with Gasteiger partial charge in [-0.1, -0.05) is 19.3 Å². The molecule has 0 amide bonds. The van der Waals surface area contributed by atoms with E-state index in [-0.39, 0.29) is 6.04 Å². The number of likely N-dealkylation sites (tertiary alicyclic amines) is 1. The number of rotatable bonds is 5. The molecule has 1 saturated carbocycles. The highest BCUT2D eigenvalue weighted by Crippen LogP contribution is 2.36. The highest BCUT2D eigenvalue weighted by molar-refractivity contribution is 5.78. The molecule has 2 fully saturated rings. The Labute approximate surface area is 122 Å². The summed E-state index contributed by atoms with van der Waals surface area (Å²) in [7, 11) is 0. The molecule has 0 spiro atoms. The summed E-state index contributed by atoms with van der Waals surface area (Å²) in [4.78, 5) is 14.0. The number of nitrogens with one attached hydrogen (secondary N) is 1. The zero-order valence-corrected chi connectivity index (χ0v) is 13.2. The van der Waals surface area contributed by atoms with Gasteiger partial charge in [0, 0.05) is 19.1 Å². The van der Waals surface area contributed by atoms with E-state index in [0.29, 0.717) is 6.54 Å². The van der Waals surface area contributed by atoms with Crippen molar-refractivity contribution in [3.63, 3.8) is 0 Å². The number of nitrogens with zero attached hydrogens (tertiary/aromatic N) is 1. The Morgan fingerprint density at radius 1 is 1.30 bits per heavy atom. The molecule has 2 N–H and O–H groups in total. The molecule has 20 heavy (non-hydrogen) atoms. The largest absolute Gasteiger partial charge is 0.480 e. The third-order valence-corrected chi connectivity index (χ3v) is 4.99. The van der Waals surface area contributed by atoms with Gasteiger partial charge in [0.2, 0.25) is 0 Å². The molecule has 0 aromatic rings. The van der Waals surface area contributed by atoms with Crippen LogP contribution in [0.4, 0.5) is 0 Å². The lowest BCUT2D eigenvalue weighted by Gasteiger charge is -2.44. The van der Waals surface area contributed by atoms with Crippen LogP contribution in [0.2, 0.25) is 0 Å². The number of piperidine rings is 1. The van der Waals surface area contributed by atoms with Crippen LogP contribution in [0, 0.1) is 11.8 Å². The van der Waals surface area contributed by atoms with E-state index < -0.39 is 11.5 Å².